The summed E-state index contributed by atoms with van der Waals surface area (Å²) in [6, 6.07) is 3.25. The van der Waals surface area contributed by atoms with Gasteiger partial charge in [0.1, 0.15) is 0 Å². The third-order valence-electron chi connectivity index (χ3n) is 0.816. The number of hydrogen-bond donors (Lipinski definition) is 1. The van der Waals surface area contributed by atoms with E-state index in [1.807, 2.05) is 0 Å². The smallest absolute Gasteiger partial charge is 0.258 e. The van der Waals surface area contributed by atoms with Crippen LogP contribution in [0.5, 0.6) is 0 Å². The van der Waals surface area contributed by atoms with E-state index < -0.39 is 5.91 Å². The molecule has 0 atom stereocenters. The van der Waals surface area contributed by atoms with Gasteiger partial charge in [0.2, 0.25) is 0 Å². The van der Waals surface area contributed by atoms with Crippen LogP contribution in [-0.4, -0.2) is 5.91 Å². The Hall–Kier alpha value is -0.250. The minimum atomic E-state index is -0.424. The molecule has 1 rings (SSSR count). The Morgan fingerprint density at radius 3 is 2.40 bits per heavy atom. The third kappa shape index (κ3) is 2.17. The molecule has 0 unspecified atom stereocenters. The van der Waals surface area contributed by atoms with E-state index in [2.05, 4.69) is 0 Å². The highest BCUT2D eigenvalue weighted by molar-refractivity contribution is 7.17. The van der Waals surface area contributed by atoms with Crippen LogP contribution in [0.2, 0.25) is 4.34 Å². The fraction of sp³-hybridized carbons (Fsp3) is 0. The molecule has 5 heteroatoms. The van der Waals surface area contributed by atoms with Crippen molar-refractivity contribution >= 4 is 41.3 Å². The van der Waals surface area contributed by atoms with Gasteiger partial charge in [-0.1, -0.05) is 11.6 Å². The van der Waals surface area contributed by atoms with Crippen LogP contribution in [0.25, 0.3) is 0 Å². The van der Waals surface area contributed by atoms with Gasteiger partial charge in [-0.2, -0.15) is 0 Å². The number of amides is 1. The highest BCUT2D eigenvalue weighted by Crippen LogP contribution is 2.20. The number of hydrogen-bond acceptors (Lipinski definition) is 2. The number of carbonyl (C=O) groups is 1. The van der Waals surface area contributed by atoms with Gasteiger partial charge in [0.05, 0.1) is 9.21 Å². The van der Waals surface area contributed by atoms with Crippen molar-refractivity contribution in [2.75, 3.05) is 0 Å². The molecule has 1 amide bonds. The Bertz CT molecular complexity index is 235. The quantitative estimate of drug-likeness (QED) is 0.735. The average molecular weight is 198 g/mol. The van der Waals surface area contributed by atoms with Crippen LogP contribution in [0.15, 0.2) is 12.1 Å². The zero-order valence-corrected chi connectivity index (χ0v) is 7.22. The predicted molar refractivity (Wildman–Crippen MR) is 45.1 cm³/mol. The Morgan fingerprint density at radius 2 is 2.20 bits per heavy atom. The van der Waals surface area contributed by atoms with Gasteiger partial charge >= 0.3 is 0 Å². The molecule has 1 heterocycles. The van der Waals surface area contributed by atoms with Gasteiger partial charge in [-0.25, -0.2) is 0 Å². The van der Waals surface area contributed by atoms with Crippen molar-refractivity contribution in [2.45, 2.75) is 0 Å². The molecule has 0 saturated heterocycles. The summed E-state index contributed by atoms with van der Waals surface area (Å²) < 4.78 is 0.587. The predicted octanol–water partition coefficient (Wildman–Crippen LogP) is 1.92. The van der Waals surface area contributed by atoms with E-state index in [1.54, 1.807) is 12.1 Å². The zero-order valence-electron chi connectivity index (χ0n) is 4.83. The molecule has 0 bridgehead atoms. The van der Waals surface area contributed by atoms with Gasteiger partial charge in [0.15, 0.2) is 0 Å². The second-order valence-electron chi connectivity index (χ2n) is 1.47. The summed E-state index contributed by atoms with van der Waals surface area (Å²) in [4.78, 5) is 10.9. The van der Waals surface area contributed by atoms with Crippen LogP contribution >= 0.6 is 35.3 Å². The van der Waals surface area contributed by atoms with Crippen molar-refractivity contribution in [1.29, 1.82) is 0 Å². The van der Waals surface area contributed by atoms with E-state index in [1.165, 1.54) is 11.3 Å². The van der Waals surface area contributed by atoms with Gasteiger partial charge in [-0.3, -0.25) is 4.79 Å². The molecule has 0 fully saturated rings. The topological polar surface area (TPSA) is 43.1 Å². The monoisotopic (exact) mass is 197 g/mol. The lowest BCUT2D eigenvalue weighted by Crippen LogP contribution is -2.07. The van der Waals surface area contributed by atoms with E-state index in [9.17, 15) is 4.79 Å². The first kappa shape index (κ1) is 9.75. The summed E-state index contributed by atoms with van der Waals surface area (Å²) in [6.07, 6.45) is 0. The van der Waals surface area contributed by atoms with Crippen LogP contribution < -0.4 is 5.73 Å². The summed E-state index contributed by atoms with van der Waals surface area (Å²) >= 11 is 6.70. The van der Waals surface area contributed by atoms with Crippen LogP contribution in [-0.2, 0) is 0 Å². The fourth-order valence-electron chi connectivity index (χ4n) is 0.447. The number of nitrogens with two attached hydrogens (primary N) is 1. The lowest BCUT2D eigenvalue weighted by atomic mass is 10.5. The van der Waals surface area contributed by atoms with E-state index in [-0.39, 0.29) is 12.4 Å². The molecule has 0 aliphatic carbocycles. The second kappa shape index (κ2) is 3.81. The molecule has 0 aliphatic rings. The van der Waals surface area contributed by atoms with Crippen molar-refractivity contribution in [3.8, 4) is 0 Å². The third-order valence-corrected chi connectivity index (χ3v) is 2.06. The van der Waals surface area contributed by atoms with Crippen molar-refractivity contribution in [1.82, 2.24) is 0 Å². The van der Waals surface area contributed by atoms with Crippen molar-refractivity contribution in [2.24, 2.45) is 5.73 Å². The minimum Gasteiger partial charge on any atom is -0.365 e. The molecule has 1 aromatic rings. The molecule has 0 spiro atoms. The van der Waals surface area contributed by atoms with Gasteiger partial charge in [0.25, 0.3) is 5.91 Å². The molecule has 1 aromatic heterocycles. The summed E-state index contributed by atoms with van der Waals surface area (Å²) in [5.41, 5.74) is 4.94. The van der Waals surface area contributed by atoms with Gasteiger partial charge in [-0.05, 0) is 12.1 Å². The van der Waals surface area contributed by atoms with Gasteiger partial charge in [0, 0.05) is 0 Å². The van der Waals surface area contributed by atoms with Crippen LogP contribution in [0.1, 0.15) is 9.67 Å². The summed E-state index contributed by atoms with van der Waals surface area (Å²) in [7, 11) is 0. The lowest BCUT2D eigenvalue weighted by Gasteiger charge is -1.80. The van der Waals surface area contributed by atoms with Gasteiger partial charge in [-0.15, -0.1) is 23.7 Å². The Morgan fingerprint density at radius 1 is 1.60 bits per heavy atom. The van der Waals surface area contributed by atoms with Crippen molar-refractivity contribution in [3.05, 3.63) is 21.3 Å². The second-order valence-corrected chi connectivity index (χ2v) is 3.18. The first-order valence-electron chi connectivity index (χ1n) is 2.25. The van der Waals surface area contributed by atoms with Gasteiger partial charge < -0.3 is 5.73 Å². The molecule has 56 valence electrons. The highest BCUT2D eigenvalue weighted by atomic mass is 35.5. The summed E-state index contributed by atoms with van der Waals surface area (Å²) in [5.74, 6) is -0.424. The van der Waals surface area contributed by atoms with E-state index in [4.69, 9.17) is 17.3 Å². The number of carbonyl (C=O) groups excluding carboxylic acids is 1. The Labute approximate surface area is 73.4 Å². The molecule has 2 N–H and O–H groups in total. The molecule has 2 nitrogen and oxygen atoms in total. The molecule has 10 heavy (non-hydrogen) atoms. The van der Waals surface area contributed by atoms with Crippen LogP contribution in [0.3, 0.4) is 0 Å². The van der Waals surface area contributed by atoms with E-state index in [0.29, 0.717) is 9.21 Å². The normalized spacial score (nSPS) is 8.50. The average Bonchev–Trinajstić information content (AvgIpc) is 2.14. The Balaban J connectivity index is 0.000000810. The molecule has 0 aliphatic heterocycles. The Kier molecular flexibility index (Phi) is 3.71. The van der Waals surface area contributed by atoms with Crippen LogP contribution in [0, 0.1) is 0 Å². The maximum atomic E-state index is 10.4. The molecular formula is C5H5Cl2NOS. The highest BCUT2D eigenvalue weighted by Gasteiger charge is 2.01. The van der Waals surface area contributed by atoms with Crippen molar-refractivity contribution in [3.63, 3.8) is 0 Å². The van der Waals surface area contributed by atoms with Crippen molar-refractivity contribution < 1.29 is 4.79 Å². The van der Waals surface area contributed by atoms with E-state index >= 15 is 0 Å². The standard InChI is InChI=1S/C5H4ClNOS.ClH/c6-4-2-1-3(9-4)5(7)8;/h1-2H,(H2,7,8);1H. The zero-order chi connectivity index (χ0) is 6.85. The largest absolute Gasteiger partial charge is 0.365 e. The summed E-state index contributed by atoms with van der Waals surface area (Å²) in [5, 5.41) is 0. The van der Waals surface area contributed by atoms with Crippen LogP contribution in [0.4, 0.5) is 0 Å². The maximum absolute atomic E-state index is 10.4. The van der Waals surface area contributed by atoms with E-state index in [0.717, 1.165) is 0 Å². The summed E-state index contributed by atoms with van der Waals surface area (Å²) in [6.45, 7) is 0. The molecule has 0 saturated carbocycles. The number of halogens is 2. The molecular weight excluding hydrogens is 193 g/mol. The fourth-order valence-corrected chi connectivity index (χ4v) is 1.34. The minimum absolute atomic E-state index is 0. The SMILES string of the molecule is Cl.NC(=O)c1ccc(Cl)s1. The number of thiophene rings is 1. The lowest BCUT2D eigenvalue weighted by molar-refractivity contribution is 0.100. The maximum Gasteiger partial charge on any atom is 0.258 e. The first-order valence-corrected chi connectivity index (χ1v) is 3.45. The number of primary amides is 1. The molecule has 0 aromatic carbocycles. The number of rotatable bonds is 1. The first-order chi connectivity index (χ1) is 4.20. The molecule has 0 radical (unpaired) electrons.